The van der Waals surface area contributed by atoms with Crippen molar-refractivity contribution in [3.8, 4) is 11.1 Å². The topological polar surface area (TPSA) is 114 Å². The number of carbonyl (C=O) groups excluding carboxylic acids is 2. The predicted octanol–water partition coefficient (Wildman–Crippen LogP) is 3.55. The summed E-state index contributed by atoms with van der Waals surface area (Å²) in [4.78, 5) is 37.3. The number of carboxylic acids is 1. The SMILES string of the molecule is CC(C)(NC(=O)C1COCC1NC(=O)OCC1c2ccccc2-c2ccccc21)C(C)(C)C(=O)O. The number of benzene rings is 2. The Bertz CT molecular complexity index is 1100. The maximum Gasteiger partial charge on any atom is 0.407 e. The molecular weight excluding hydrogens is 448 g/mol. The van der Waals surface area contributed by atoms with Crippen LogP contribution in [0.15, 0.2) is 48.5 Å². The van der Waals surface area contributed by atoms with Crippen molar-refractivity contribution in [2.45, 2.75) is 45.2 Å². The highest BCUT2D eigenvalue weighted by Gasteiger charge is 2.46. The third-order valence-electron chi connectivity index (χ3n) is 7.60. The van der Waals surface area contributed by atoms with Crippen LogP contribution >= 0.6 is 0 Å². The second kappa shape index (κ2) is 9.34. The molecule has 1 aliphatic heterocycles. The first-order valence-corrected chi connectivity index (χ1v) is 11.8. The standard InChI is InChI=1S/C27H32N2O6/c1-26(2,24(31)32)27(3,4)29-23(30)21-13-34-15-22(21)28-25(33)35-14-20-18-11-7-5-9-16(18)17-10-6-8-12-19(17)20/h5-12,20-22H,13-15H2,1-4H3,(H,28,33)(H,29,30)(H,31,32). The number of carbonyl (C=O) groups is 3. The minimum Gasteiger partial charge on any atom is -0.481 e. The number of hydrogen-bond donors (Lipinski definition) is 3. The number of fused-ring (bicyclic) bond motifs is 3. The molecule has 8 heteroatoms. The summed E-state index contributed by atoms with van der Waals surface area (Å²) in [5, 5.41) is 15.1. The Morgan fingerprint density at radius 2 is 1.54 bits per heavy atom. The van der Waals surface area contributed by atoms with Gasteiger partial charge in [-0.05, 0) is 49.9 Å². The Morgan fingerprint density at radius 1 is 0.971 bits per heavy atom. The van der Waals surface area contributed by atoms with Crippen LogP contribution in [0.1, 0.15) is 44.7 Å². The molecule has 3 N–H and O–H groups in total. The van der Waals surface area contributed by atoms with E-state index in [1.54, 1.807) is 27.7 Å². The molecule has 1 saturated heterocycles. The fraction of sp³-hybridized carbons (Fsp3) is 0.444. The maximum absolute atomic E-state index is 13.0. The van der Waals surface area contributed by atoms with Gasteiger partial charge in [0.1, 0.15) is 6.61 Å². The van der Waals surface area contributed by atoms with Crippen molar-refractivity contribution in [2.75, 3.05) is 19.8 Å². The molecule has 8 nitrogen and oxygen atoms in total. The molecule has 2 amide bonds. The van der Waals surface area contributed by atoms with Gasteiger partial charge in [-0.15, -0.1) is 0 Å². The number of nitrogens with one attached hydrogen (secondary N) is 2. The van der Waals surface area contributed by atoms with E-state index in [0.29, 0.717) is 0 Å². The first kappa shape index (κ1) is 24.7. The summed E-state index contributed by atoms with van der Waals surface area (Å²) in [7, 11) is 0. The van der Waals surface area contributed by atoms with Crippen LogP contribution in [0.3, 0.4) is 0 Å². The molecule has 1 fully saturated rings. The minimum atomic E-state index is -1.20. The predicted molar refractivity (Wildman–Crippen MR) is 130 cm³/mol. The summed E-state index contributed by atoms with van der Waals surface area (Å²) < 4.78 is 11.1. The van der Waals surface area contributed by atoms with E-state index in [2.05, 4.69) is 22.8 Å². The average molecular weight is 481 g/mol. The van der Waals surface area contributed by atoms with Crippen LogP contribution < -0.4 is 10.6 Å². The van der Waals surface area contributed by atoms with Gasteiger partial charge in [-0.2, -0.15) is 0 Å². The van der Waals surface area contributed by atoms with E-state index in [-0.39, 0.29) is 31.6 Å². The third kappa shape index (κ3) is 4.62. The average Bonchev–Trinajstić information content (AvgIpc) is 3.39. The summed E-state index contributed by atoms with van der Waals surface area (Å²) in [5.41, 5.74) is 2.30. The van der Waals surface area contributed by atoms with E-state index < -0.39 is 35.0 Å². The number of rotatable bonds is 7. The smallest absolute Gasteiger partial charge is 0.407 e. The molecular formula is C27H32N2O6. The van der Waals surface area contributed by atoms with Crippen molar-refractivity contribution in [2.24, 2.45) is 11.3 Å². The summed E-state index contributed by atoms with van der Waals surface area (Å²) in [6.45, 7) is 6.94. The van der Waals surface area contributed by atoms with Gasteiger partial charge in [-0.1, -0.05) is 48.5 Å². The molecule has 2 atom stereocenters. The molecule has 0 saturated carbocycles. The molecule has 2 aromatic carbocycles. The van der Waals surface area contributed by atoms with Gasteiger partial charge in [-0.25, -0.2) is 4.79 Å². The van der Waals surface area contributed by atoms with Gasteiger partial charge < -0.3 is 25.2 Å². The van der Waals surface area contributed by atoms with Gasteiger partial charge in [0.05, 0.1) is 30.6 Å². The largest absolute Gasteiger partial charge is 0.481 e. The van der Waals surface area contributed by atoms with Crippen molar-refractivity contribution >= 4 is 18.0 Å². The van der Waals surface area contributed by atoms with Gasteiger partial charge in [0, 0.05) is 11.5 Å². The zero-order chi connectivity index (χ0) is 25.4. The fourth-order valence-corrected chi connectivity index (χ4v) is 4.57. The third-order valence-corrected chi connectivity index (χ3v) is 7.60. The van der Waals surface area contributed by atoms with E-state index in [1.165, 1.54) is 0 Å². The van der Waals surface area contributed by atoms with Crippen LogP contribution in [0.25, 0.3) is 11.1 Å². The van der Waals surface area contributed by atoms with Gasteiger partial charge in [-0.3, -0.25) is 9.59 Å². The molecule has 2 unspecified atom stereocenters. The van der Waals surface area contributed by atoms with E-state index >= 15 is 0 Å². The lowest BCUT2D eigenvalue weighted by Crippen LogP contribution is -2.59. The van der Waals surface area contributed by atoms with E-state index in [4.69, 9.17) is 9.47 Å². The molecule has 2 aromatic rings. The Balaban J connectivity index is 1.38. The van der Waals surface area contributed by atoms with Crippen LogP contribution in [-0.2, 0) is 19.1 Å². The van der Waals surface area contributed by atoms with Gasteiger partial charge >= 0.3 is 12.1 Å². The highest BCUT2D eigenvalue weighted by atomic mass is 16.5. The molecule has 1 aliphatic carbocycles. The highest BCUT2D eigenvalue weighted by molar-refractivity contribution is 5.84. The number of ether oxygens (including phenoxy) is 2. The zero-order valence-corrected chi connectivity index (χ0v) is 20.5. The second-order valence-corrected chi connectivity index (χ2v) is 10.3. The van der Waals surface area contributed by atoms with Crippen molar-refractivity contribution in [3.05, 3.63) is 59.7 Å². The van der Waals surface area contributed by atoms with Crippen molar-refractivity contribution in [3.63, 3.8) is 0 Å². The maximum atomic E-state index is 13.0. The molecule has 4 rings (SSSR count). The van der Waals surface area contributed by atoms with E-state index in [0.717, 1.165) is 22.3 Å². The molecule has 0 aromatic heterocycles. The van der Waals surface area contributed by atoms with E-state index in [1.807, 2.05) is 36.4 Å². The summed E-state index contributed by atoms with van der Waals surface area (Å²) >= 11 is 0. The van der Waals surface area contributed by atoms with Gasteiger partial charge in [0.15, 0.2) is 0 Å². The first-order valence-electron chi connectivity index (χ1n) is 11.8. The highest BCUT2D eigenvalue weighted by Crippen LogP contribution is 2.44. The number of carboxylic acid groups (broad SMARTS) is 1. The Morgan fingerprint density at radius 3 is 2.11 bits per heavy atom. The van der Waals surface area contributed by atoms with E-state index in [9.17, 15) is 19.5 Å². The lowest BCUT2D eigenvalue weighted by Gasteiger charge is -2.39. The lowest BCUT2D eigenvalue weighted by atomic mass is 9.74. The number of aliphatic carboxylic acids is 1. The Hall–Kier alpha value is -3.39. The Labute approximate surface area is 205 Å². The monoisotopic (exact) mass is 480 g/mol. The minimum absolute atomic E-state index is 0.0638. The van der Waals surface area contributed by atoms with Crippen LogP contribution in [0.4, 0.5) is 4.79 Å². The number of hydrogen-bond acceptors (Lipinski definition) is 5. The first-order chi connectivity index (χ1) is 16.5. The lowest BCUT2D eigenvalue weighted by molar-refractivity contribution is -0.152. The molecule has 0 spiro atoms. The Kier molecular flexibility index (Phi) is 6.60. The molecule has 186 valence electrons. The number of amides is 2. The quantitative estimate of drug-likeness (QED) is 0.559. The van der Waals surface area contributed by atoms with Crippen LogP contribution in [0.2, 0.25) is 0 Å². The van der Waals surface area contributed by atoms with Crippen LogP contribution in [-0.4, -0.2) is 54.5 Å². The second-order valence-electron chi connectivity index (χ2n) is 10.3. The molecule has 1 heterocycles. The number of alkyl carbamates (subject to hydrolysis) is 1. The fourth-order valence-electron chi connectivity index (χ4n) is 4.57. The molecule has 2 aliphatic rings. The molecule has 35 heavy (non-hydrogen) atoms. The van der Waals surface area contributed by atoms with Gasteiger partial charge in [0.25, 0.3) is 0 Å². The molecule has 0 bridgehead atoms. The van der Waals surface area contributed by atoms with Gasteiger partial charge in [0.2, 0.25) is 5.91 Å². The normalized spacial score (nSPS) is 19.5. The van der Waals surface area contributed by atoms with Crippen LogP contribution in [0.5, 0.6) is 0 Å². The zero-order valence-electron chi connectivity index (χ0n) is 20.5. The van der Waals surface area contributed by atoms with Crippen molar-refractivity contribution in [1.82, 2.24) is 10.6 Å². The summed E-state index contributed by atoms with van der Waals surface area (Å²) in [6.07, 6.45) is -0.620. The van der Waals surface area contributed by atoms with Crippen molar-refractivity contribution < 1.29 is 29.0 Å². The summed E-state index contributed by atoms with van der Waals surface area (Å²) in [5.74, 6) is -2.10. The van der Waals surface area contributed by atoms with Crippen molar-refractivity contribution in [1.29, 1.82) is 0 Å². The van der Waals surface area contributed by atoms with Crippen LogP contribution in [0, 0.1) is 11.3 Å². The molecule has 0 radical (unpaired) electrons. The summed E-state index contributed by atoms with van der Waals surface area (Å²) in [6, 6.07) is 15.6.